The van der Waals surface area contributed by atoms with Gasteiger partial charge in [0.1, 0.15) is 11.2 Å². The fraction of sp³-hybridized carbons (Fsp3) is 0.278. The van der Waals surface area contributed by atoms with Gasteiger partial charge in [-0.2, -0.15) is 0 Å². The Hall–Kier alpha value is -2.25. The fourth-order valence-corrected chi connectivity index (χ4v) is 5.75. The molecule has 0 spiro atoms. The van der Waals surface area contributed by atoms with Gasteiger partial charge in [0.2, 0.25) is 0 Å². The molecule has 1 aliphatic carbocycles. The third-order valence-electron chi connectivity index (χ3n) is 4.83. The number of carbonyl (C=O) groups is 1. The number of aliphatic hydroxyl groups is 1. The average molecular weight is 364 g/mol. The number of aliphatic carboxylic acids is 1. The Bertz CT molecular complexity index is 905. The van der Waals surface area contributed by atoms with Crippen molar-refractivity contribution in [1.82, 2.24) is 0 Å². The Morgan fingerprint density at radius 1 is 1.12 bits per heavy atom. The van der Waals surface area contributed by atoms with Crippen LogP contribution in [0.15, 0.2) is 53.4 Å². The molecule has 0 unspecified atom stereocenters. The quantitative estimate of drug-likeness (QED) is 0.848. The topological polar surface area (TPSA) is 91.7 Å². The van der Waals surface area contributed by atoms with E-state index in [-0.39, 0.29) is 4.90 Å². The zero-order valence-corrected chi connectivity index (χ0v) is 14.2. The maximum Gasteiger partial charge on any atom is 0.314 e. The number of hydrogen-bond donors (Lipinski definition) is 2. The largest absolute Gasteiger partial charge is 0.481 e. The second-order valence-electron chi connectivity index (χ2n) is 6.31. The first-order chi connectivity index (χ1) is 11.7. The number of carboxylic acid groups (broad SMARTS) is 1. The molecule has 3 atom stereocenters. The first-order valence-electron chi connectivity index (χ1n) is 7.65. The summed E-state index contributed by atoms with van der Waals surface area (Å²) in [5.74, 6) is -2.83. The lowest BCUT2D eigenvalue weighted by molar-refractivity contribution is -0.145. The monoisotopic (exact) mass is 364 g/mol. The first kappa shape index (κ1) is 17.6. The number of sulfone groups is 1. The molecular weight excluding hydrogens is 347 g/mol. The van der Waals surface area contributed by atoms with Gasteiger partial charge in [0.25, 0.3) is 0 Å². The fourth-order valence-electron chi connectivity index (χ4n) is 3.39. The highest BCUT2D eigenvalue weighted by Crippen LogP contribution is 2.64. The van der Waals surface area contributed by atoms with Crippen molar-refractivity contribution in [3.05, 3.63) is 65.5 Å². The van der Waals surface area contributed by atoms with E-state index in [2.05, 4.69) is 0 Å². The molecular formula is C18H17FO5S. The van der Waals surface area contributed by atoms with E-state index >= 15 is 0 Å². The van der Waals surface area contributed by atoms with Crippen LogP contribution >= 0.6 is 0 Å². The summed E-state index contributed by atoms with van der Waals surface area (Å²) in [6.45, 7) is 0.990. The molecule has 0 amide bonds. The molecule has 0 aromatic heterocycles. The van der Waals surface area contributed by atoms with Gasteiger partial charge in [0, 0.05) is 5.92 Å². The molecule has 7 heteroatoms. The van der Waals surface area contributed by atoms with Crippen LogP contribution in [0.3, 0.4) is 0 Å². The third kappa shape index (κ3) is 2.63. The summed E-state index contributed by atoms with van der Waals surface area (Å²) < 4.78 is 39.1. The number of halogens is 1. The predicted octanol–water partition coefficient (Wildman–Crippen LogP) is 2.14. The van der Waals surface area contributed by atoms with E-state index in [4.69, 9.17) is 0 Å². The number of hydrogen-bond acceptors (Lipinski definition) is 4. The van der Waals surface area contributed by atoms with Crippen LogP contribution in [0.25, 0.3) is 0 Å². The molecule has 1 aliphatic rings. The standard InChI is InChI=1S/C18H17FO5S/c1-11-2-8-14(9-3-11)25(23,24)16-15(18(16,10-20)17(21)22)12-4-6-13(19)7-5-12/h2-9,15-16,20H,10H2,1H3,(H,21,22)/t15-,16-,18+/m0/s1. The predicted molar refractivity (Wildman–Crippen MR) is 88.4 cm³/mol. The number of aliphatic hydroxyl groups excluding tert-OH is 1. The molecule has 2 aromatic rings. The van der Waals surface area contributed by atoms with Crippen molar-refractivity contribution in [3.8, 4) is 0 Å². The molecule has 2 N–H and O–H groups in total. The van der Waals surface area contributed by atoms with Crippen LogP contribution < -0.4 is 0 Å². The second-order valence-corrected chi connectivity index (χ2v) is 8.38. The summed E-state index contributed by atoms with van der Waals surface area (Å²) in [5, 5.41) is 18.0. The molecule has 0 heterocycles. The highest BCUT2D eigenvalue weighted by molar-refractivity contribution is 7.92. The van der Waals surface area contributed by atoms with Crippen LogP contribution in [0.4, 0.5) is 4.39 Å². The zero-order chi connectivity index (χ0) is 18.4. The molecule has 5 nitrogen and oxygen atoms in total. The Kier molecular flexibility index (Phi) is 4.17. The number of benzene rings is 2. The summed E-state index contributed by atoms with van der Waals surface area (Å²) in [5.41, 5.74) is -0.586. The van der Waals surface area contributed by atoms with Gasteiger partial charge in [0.05, 0.1) is 16.8 Å². The maximum atomic E-state index is 13.2. The minimum Gasteiger partial charge on any atom is -0.481 e. The van der Waals surface area contributed by atoms with Crippen molar-refractivity contribution >= 4 is 15.8 Å². The van der Waals surface area contributed by atoms with Crippen LogP contribution in [-0.2, 0) is 14.6 Å². The molecule has 0 bridgehead atoms. The van der Waals surface area contributed by atoms with Gasteiger partial charge in [-0.3, -0.25) is 4.79 Å². The summed E-state index contributed by atoms with van der Waals surface area (Å²) in [7, 11) is -3.99. The molecule has 0 aliphatic heterocycles. The van der Waals surface area contributed by atoms with Crippen LogP contribution in [-0.4, -0.2) is 36.5 Å². The van der Waals surface area contributed by atoms with E-state index in [1.54, 1.807) is 12.1 Å². The van der Waals surface area contributed by atoms with Gasteiger partial charge in [-0.25, -0.2) is 12.8 Å². The van der Waals surface area contributed by atoms with Crippen molar-refractivity contribution in [3.63, 3.8) is 0 Å². The van der Waals surface area contributed by atoms with Crippen LogP contribution in [0.2, 0.25) is 0 Å². The van der Waals surface area contributed by atoms with Gasteiger partial charge in [0.15, 0.2) is 9.84 Å². The third-order valence-corrected chi connectivity index (χ3v) is 7.12. The van der Waals surface area contributed by atoms with Gasteiger partial charge in [-0.15, -0.1) is 0 Å². The Labute approximate surface area is 144 Å². The molecule has 132 valence electrons. The number of carboxylic acids is 1. The van der Waals surface area contributed by atoms with Crippen LogP contribution in [0.5, 0.6) is 0 Å². The van der Waals surface area contributed by atoms with Crippen LogP contribution in [0.1, 0.15) is 17.0 Å². The van der Waals surface area contributed by atoms with E-state index in [0.717, 1.165) is 17.7 Å². The van der Waals surface area contributed by atoms with Crippen molar-refractivity contribution in [2.75, 3.05) is 6.61 Å². The molecule has 1 fully saturated rings. The highest BCUT2D eigenvalue weighted by atomic mass is 32.2. The number of aryl methyl sites for hydroxylation is 1. The Morgan fingerprint density at radius 2 is 1.68 bits per heavy atom. The minimum absolute atomic E-state index is 0.00628. The van der Waals surface area contributed by atoms with E-state index in [0.29, 0.717) is 5.56 Å². The smallest absolute Gasteiger partial charge is 0.314 e. The van der Waals surface area contributed by atoms with Gasteiger partial charge in [-0.05, 0) is 36.8 Å². The molecule has 25 heavy (non-hydrogen) atoms. The van der Waals surface area contributed by atoms with Gasteiger partial charge >= 0.3 is 5.97 Å². The lowest BCUT2D eigenvalue weighted by Crippen LogP contribution is -2.27. The lowest BCUT2D eigenvalue weighted by Gasteiger charge is -2.09. The van der Waals surface area contributed by atoms with E-state index in [1.165, 1.54) is 24.3 Å². The normalized spacial score (nSPS) is 25.6. The average Bonchev–Trinajstić information content (AvgIpc) is 3.27. The summed E-state index contributed by atoms with van der Waals surface area (Å²) >= 11 is 0. The molecule has 0 radical (unpaired) electrons. The SMILES string of the molecule is Cc1ccc(S(=O)(=O)[C@H]2[C@H](c3ccc(F)cc3)[C@@]2(CO)C(=O)O)cc1. The summed E-state index contributed by atoms with van der Waals surface area (Å²) in [6, 6.07) is 11.1. The number of rotatable bonds is 5. The minimum atomic E-state index is -3.99. The summed E-state index contributed by atoms with van der Waals surface area (Å²) in [4.78, 5) is 11.8. The van der Waals surface area contributed by atoms with Gasteiger partial charge < -0.3 is 10.2 Å². The highest BCUT2D eigenvalue weighted by Gasteiger charge is 2.75. The van der Waals surface area contributed by atoms with Crippen molar-refractivity contribution in [1.29, 1.82) is 0 Å². The van der Waals surface area contributed by atoms with E-state index in [9.17, 15) is 27.8 Å². The Morgan fingerprint density at radius 3 is 2.16 bits per heavy atom. The van der Waals surface area contributed by atoms with Crippen molar-refractivity contribution < 1.29 is 27.8 Å². The second kappa shape index (κ2) is 5.93. The first-order valence-corrected chi connectivity index (χ1v) is 9.20. The van der Waals surface area contributed by atoms with Crippen molar-refractivity contribution in [2.45, 2.75) is 23.0 Å². The van der Waals surface area contributed by atoms with Gasteiger partial charge in [-0.1, -0.05) is 29.8 Å². The molecule has 3 rings (SSSR count). The maximum absolute atomic E-state index is 13.2. The van der Waals surface area contributed by atoms with Crippen molar-refractivity contribution in [2.24, 2.45) is 5.41 Å². The zero-order valence-electron chi connectivity index (χ0n) is 13.4. The van der Waals surface area contributed by atoms with E-state index in [1.807, 2.05) is 6.92 Å². The Balaban J connectivity index is 2.10. The van der Waals surface area contributed by atoms with E-state index < -0.39 is 44.8 Å². The molecule has 2 aromatic carbocycles. The van der Waals surface area contributed by atoms with Crippen LogP contribution in [0, 0.1) is 18.2 Å². The lowest BCUT2D eigenvalue weighted by atomic mass is 10.0. The molecule has 1 saturated carbocycles. The summed E-state index contributed by atoms with van der Waals surface area (Å²) in [6.07, 6.45) is 0. The molecule has 0 saturated heterocycles.